The minimum absolute atomic E-state index is 0.0755. The van der Waals surface area contributed by atoms with E-state index in [1.165, 1.54) is 5.56 Å². The smallest absolute Gasteiger partial charge is 0.122 e. The lowest BCUT2D eigenvalue weighted by Gasteiger charge is -2.06. The largest absolute Gasteiger partial charge is 0.384 e. The van der Waals surface area contributed by atoms with Gasteiger partial charge in [0.1, 0.15) is 10.9 Å². The number of nitrogens with two attached hydrogens (primary N) is 1. The Bertz CT molecular complexity index is 593. The Kier molecular flexibility index (Phi) is 3.67. The van der Waals surface area contributed by atoms with Gasteiger partial charge in [-0.15, -0.1) is 0 Å². The Balaban J connectivity index is 2.31. The fourth-order valence-electron chi connectivity index (χ4n) is 1.65. The van der Waals surface area contributed by atoms with Gasteiger partial charge in [0.15, 0.2) is 0 Å². The molecule has 3 nitrogen and oxygen atoms in total. The zero-order valence-electron chi connectivity index (χ0n) is 10.4. The van der Waals surface area contributed by atoms with Crippen molar-refractivity contribution in [3.63, 3.8) is 0 Å². The average Bonchev–Trinajstić information content (AvgIpc) is 2.28. The summed E-state index contributed by atoms with van der Waals surface area (Å²) in [5.41, 5.74) is 8.33. The van der Waals surface area contributed by atoms with Gasteiger partial charge in [-0.1, -0.05) is 29.5 Å². The average molecular weight is 257 g/mol. The first-order chi connectivity index (χ1) is 8.54. The number of aryl methyl sites for hydroxylation is 2. The fraction of sp³-hybridized carbons (Fsp3) is 0.143. The minimum atomic E-state index is 0.0755. The zero-order valence-corrected chi connectivity index (χ0v) is 11.2. The van der Waals surface area contributed by atoms with Crippen LogP contribution >= 0.6 is 11.8 Å². The van der Waals surface area contributed by atoms with E-state index in [0.717, 1.165) is 21.2 Å². The molecule has 1 aromatic carbocycles. The maximum atomic E-state index is 7.48. The highest BCUT2D eigenvalue weighted by Crippen LogP contribution is 2.27. The predicted molar refractivity (Wildman–Crippen MR) is 75.3 cm³/mol. The summed E-state index contributed by atoms with van der Waals surface area (Å²) in [4.78, 5) is 5.59. The van der Waals surface area contributed by atoms with Crippen LogP contribution in [0.4, 0.5) is 0 Å². The summed E-state index contributed by atoms with van der Waals surface area (Å²) >= 11 is 1.58. The van der Waals surface area contributed by atoms with Gasteiger partial charge in [-0.2, -0.15) is 0 Å². The number of nitrogens with zero attached hydrogens (tertiary/aromatic N) is 1. The molecule has 2 aromatic rings. The number of rotatable bonds is 3. The lowest BCUT2D eigenvalue weighted by atomic mass is 10.2. The Morgan fingerprint density at radius 3 is 2.67 bits per heavy atom. The van der Waals surface area contributed by atoms with E-state index < -0.39 is 0 Å². The van der Waals surface area contributed by atoms with Crippen LogP contribution in [0.3, 0.4) is 0 Å². The summed E-state index contributed by atoms with van der Waals surface area (Å²) < 4.78 is 0. The second kappa shape index (κ2) is 5.23. The molecular weight excluding hydrogens is 242 g/mol. The van der Waals surface area contributed by atoms with Crippen molar-refractivity contribution >= 4 is 17.6 Å². The molecule has 4 heteroatoms. The second-order valence-electron chi connectivity index (χ2n) is 4.17. The Morgan fingerprint density at radius 1 is 1.22 bits per heavy atom. The standard InChI is InChI=1S/C14H15N3S/c1-9-4-3-5-12(6-9)18-13-8-11(14(15)16)7-10(2)17-13/h3-8H,1-2H3,(H3,15,16). The molecule has 0 atom stereocenters. The summed E-state index contributed by atoms with van der Waals surface area (Å²) in [6.45, 7) is 3.97. The summed E-state index contributed by atoms with van der Waals surface area (Å²) in [6, 6.07) is 11.9. The van der Waals surface area contributed by atoms with Crippen LogP contribution in [-0.2, 0) is 0 Å². The molecule has 0 fully saturated rings. The normalized spacial score (nSPS) is 10.3. The quantitative estimate of drug-likeness (QED) is 0.656. The molecule has 0 saturated heterocycles. The molecule has 1 aromatic heterocycles. The monoisotopic (exact) mass is 257 g/mol. The molecule has 0 aliphatic heterocycles. The maximum Gasteiger partial charge on any atom is 0.122 e. The molecule has 2 rings (SSSR count). The summed E-state index contributed by atoms with van der Waals surface area (Å²) in [6.07, 6.45) is 0. The van der Waals surface area contributed by atoms with Gasteiger partial charge in [-0.05, 0) is 38.1 Å². The third-order valence-corrected chi connectivity index (χ3v) is 3.36. The number of benzene rings is 1. The number of aromatic nitrogens is 1. The van der Waals surface area contributed by atoms with E-state index in [-0.39, 0.29) is 5.84 Å². The van der Waals surface area contributed by atoms with Crippen LogP contribution in [0, 0.1) is 19.3 Å². The van der Waals surface area contributed by atoms with E-state index in [2.05, 4.69) is 30.1 Å². The molecule has 0 aliphatic rings. The maximum absolute atomic E-state index is 7.48. The Labute approximate surface area is 111 Å². The number of nitrogen functional groups attached to an aromatic ring is 1. The van der Waals surface area contributed by atoms with Gasteiger partial charge < -0.3 is 5.73 Å². The Hall–Kier alpha value is -1.81. The van der Waals surface area contributed by atoms with Crippen molar-refractivity contribution in [2.75, 3.05) is 0 Å². The van der Waals surface area contributed by atoms with Gasteiger partial charge >= 0.3 is 0 Å². The van der Waals surface area contributed by atoms with Crippen molar-refractivity contribution in [1.29, 1.82) is 5.41 Å². The molecule has 0 saturated carbocycles. The van der Waals surface area contributed by atoms with E-state index in [4.69, 9.17) is 11.1 Å². The minimum Gasteiger partial charge on any atom is -0.384 e. The Morgan fingerprint density at radius 2 is 2.00 bits per heavy atom. The molecule has 0 aliphatic carbocycles. The van der Waals surface area contributed by atoms with Crippen LogP contribution in [-0.4, -0.2) is 10.8 Å². The highest BCUT2D eigenvalue weighted by atomic mass is 32.2. The number of hydrogen-bond acceptors (Lipinski definition) is 3. The van der Waals surface area contributed by atoms with Gasteiger partial charge in [0.2, 0.25) is 0 Å². The molecule has 0 amide bonds. The molecule has 0 unspecified atom stereocenters. The van der Waals surface area contributed by atoms with Crippen molar-refractivity contribution in [2.24, 2.45) is 5.73 Å². The lowest BCUT2D eigenvalue weighted by molar-refractivity contribution is 1.06. The van der Waals surface area contributed by atoms with Crippen LogP contribution in [0.1, 0.15) is 16.8 Å². The van der Waals surface area contributed by atoms with E-state index in [0.29, 0.717) is 0 Å². The van der Waals surface area contributed by atoms with E-state index in [1.54, 1.807) is 11.8 Å². The van der Waals surface area contributed by atoms with Gasteiger partial charge in [-0.3, -0.25) is 5.41 Å². The third-order valence-electron chi connectivity index (χ3n) is 2.45. The van der Waals surface area contributed by atoms with Crippen molar-refractivity contribution < 1.29 is 0 Å². The molecule has 18 heavy (non-hydrogen) atoms. The number of hydrogen-bond donors (Lipinski definition) is 2. The molecule has 92 valence electrons. The molecule has 0 radical (unpaired) electrons. The molecule has 0 spiro atoms. The van der Waals surface area contributed by atoms with Crippen molar-refractivity contribution in [1.82, 2.24) is 4.98 Å². The first-order valence-corrected chi connectivity index (χ1v) is 6.44. The van der Waals surface area contributed by atoms with Gasteiger partial charge in [0.05, 0.1) is 0 Å². The van der Waals surface area contributed by atoms with E-state index in [1.807, 2.05) is 25.1 Å². The van der Waals surface area contributed by atoms with E-state index >= 15 is 0 Å². The van der Waals surface area contributed by atoms with Gasteiger partial charge in [-0.25, -0.2) is 4.98 Å². The van der Waals surface area contributed by atoms with Crippen LogP contribution < -0.4 is 5.73 Å². The SMILES string of the molecule is Cc1cccc(Sc2cc(C(=N)N)cc(C)n2)c1. The topological polar surface area (TPSA) is 62.8 Å². The second-order valence-corrected chi connectivity index (χ2v) is 5.26. The molecule has 3 N–H and O–H groups in total. The van der Waals surface area contributed by atoms with Crippen molar-refractivity contribution in [3.05, 3.63) is 53.2 Å². The molecular formula is C14H15N3S. The molecule has 0 bridgehead atoms. The number of pyridine rings is 1. The van der Waals surface area contributed by atoms with Crippen LogP contribution in [0.5, 0.6) is 0 Å². The van der Waals surface area contributed by atoms with Gasteiger partial charge in [0, 0.05) is 16.2 Å². The van der Waals surface area contributed by atoms with E-state index in [9.17, 15) is 0 Å². The summed E-state index contributed by atoms with van der Waals surface area (Å²) in [5, 5.41) is 8.35. The predicted octanol–water partition coefficient (Wildman–Crippen LogP) is 3.13. The number of nitrogens with one attached hydrogen (secondary N) is 1. The van der Waals surface area contributed by atoms with Crippen LogP contribution in [0.25, 0.3) is 0 Å². The van der Waals surface area contributed by atoms with Gasteiger partial charge in [0.25, 0.3) is 0 Å². The fourth-order valence-corrected chi connectivity index (χ4v) is 2.65. The third kappa shape index (κ3) is 3.11. The van der Waals surface area contributed by atoms with Crippen molar-refractivity contribution in [3.8, 4) is 0 Å². The molecule has 1 heterocycles. The van der Waals surface area contributed by atoms with Crippen LogP contribution in [0.2, 0.25) is 0 Å². The van der Waals surface area contributed by atoms with Crippen molar-refractivity contribution in [2.45, 2.75) is 23.8 Å². The highest BCUT2D eigenvalue weighted by molar-refractivity contribution is 7.99. The number of amidine groups is 1. The lowest BCUT2D eigenvalue weighted by Crippen LogP contribution is -2.11. The van der Waals surface area contributed by atoms with Crippen LogP contribution in [0.15, 0.2) is 46.3 Å². The summed E-state index contributed by atoms with van der Waals surface area (Å²) in [5.74, 6) is 0.0755. The zero-order chi connectivity index (χ0) is 13.1. The highest BCUT2D eigenvalue weighted by Gasteiger charge is 2.04. The first kappa shape index (κ1) is 12.6. The first-order valence-electron chi connectivity index (χ1n) is 5.62. The summed E-state index contributed by atoms with van der Waals surface area (Å²) in [7, 11) is 0.